The van der Waals surface area contributed by atoms with Gasteiger partial charge in [-0.2, -0.15) is 5.26 Å². The van der Waals surface area contributed by atoms with Crippen LogP contribution in [0.15, 0.2) is 6.07 Å². The van der Waals surface area contributed by atoms with Crippen molar-refractivity contribution in [2.75, 3.05) is 5.32 Å². The molecule has 1 aromatic rings. The Labute approximate surface area is 99.9 Å². The average molecular weight is 233 g/mol. The Bertz CT molecular complexity index is 463. The van der Waals surface area contributed by atoms with E-state index in [1.54, 1.807) is 13.0 Å². The van der Waals surface area contributed by atoms with Gasteiger partial charge < -0.3 is 11.1 Å². The van der Waals surface area contributed by atoms with E-state index in [9.17, 15) is 4.79 Å². The number of rotatable bonds is 4. The summed E-state index contributed by atoms with van der Waals surface area (Å²) in [7, 11) is 0. The average Bonchev–Trinajstić information content (AvgIpc) is 2.24. The minimum atomic E-state index is -0.552. The van der Waals surface area contributed by atoms with Crippen LogP contribution in [0.2, 0.25) is 0 Å². The van der Waals surface area contributed by atoms with Gasteiger partial charge in [-0.1, -0.05) is 13.8 Å². The van der Waals surface area contributed by atoms with Crippen molar-refractivity contribution in [1.82, 2.24) is 9.97 Å². The highest BCUT2D eigenvalue weighted by atomic mass is 16.1. The predicted molar refractivity (Wildman–Crippen MR) is 62.9 cm³/mol. The topological polar surface area (TPSA) is 105 Å². The van der Waals surface area contributed by atoms with Crippen molar-refractivity contribution in [3.05, 3.63) is 17.5 Å². The third-order valence-corrected chi connectivity index (χ3v) is 2.23. The first-order valence-electron chi connectivity index (χ1n) is 5.25. The number of carbonyl (C=O) groups is 1. The van der Waals surface area contributed by atoms with Crippen molar-refractivity contribution in [3.63, 3.8) is 0 Å². The zero-order chi connectivity index (χ0) is 13.0. The van der Waals surface area contributed by atoms with E-state index >= 15 is 0 Å². The lowest BCUT2D eigenvalue weighted by atomic mass is 10.0. The van der Waals surface area contributed by atoms with E-state index in [1.807, 2.05) is 19.9 Å². The van der Waals surface area contributed by atoms with Crippen molar-refractivity contribution in [2.24, 2.45) is 11.7 Å². The van der Waals surface area contributed by atoms with Crippen molar-refractivity contribution in [1.29, 1.82) is 5.26 Å². The fourth-order valence-electron chi connectivity index (χ4n) is 1.40. The van der Waals surface area contributed by atoms with Crippen molar-refractivity contribution in [2.45, 2.75) is 26.8 Å². The summed E-state index contributed by atoms with van der Waals surface area (Å²) >= 11 is 0. The molecule has 1 atom stereocenters. The monoisotopic (exact) mass is 233 g/mol. The number of nitrogens with two attached hydrogens (primary N) is 1. The number of hydrogen-bond acceptors (Lipinski definition) is 5. The Kier molecular flexibility index (Phi) is 3.99. The molecule has 6 nitrogen and oxygen atoms in total. The molecular weight excluding hydrogens is 218 g/mol. The van der Waals surface area contributed by atoms with Crippen LogP contribution in [-0.2, 0) is 4.79 Å². The van der Waals surface area contributed by atoms with Gasteiger partial charge in [0.15, 0.2) is 0 Å². The van der Waals surface area contributed by atoms with Gasteiger partial charge >= 0.3 is 0 Å². The van der Waals surface area contributed by atoms with Gasteiger partial charge in [-0.25, -0.2) is 9.97 Å². The lowest BCUT2D eigenvalue weighted by Crippen LogP contribution is -2.40. The fraction of sp³-hybridized carbons (Fsp3) is 0.455. The summed E-state index contributed by atoms with van der Waals surface area (Å²) in [6.45, 7) is 5.48. The molecule has 0 aromatic carbocycles. The van der Waals surface area contributed by atoms with Gasteiger partial charge in [-0.3, -0.25) is 4.79 Å². The van der Waals surface area contributed by atoms with E-state index in [0.717, 1.165) is 0 Å². The molecule has 0 fully saturated rings. The largest absolute Gasteiger partial charge is 0.368 e. The molecule has 0 aliphatic rings. The van der Waals surface area contributed by atoms with Gasteiger partial charge in [0.25, 0.3) is 0 Å². The molecule has 0 bridgehead atoms. The molecule has 0 aliphatic heterocycles. The summed E-state index contributed by atoms with van der Waals surface area (Å²) in [6, 6.07) is 2.95. The molecule has 6 heteroatoms. The first-order chi connectivity index (χ1) is 7.93. The SMILES string of the molecule is Cc1cc(C#N)nc(NC(C(N)=O)C(C)C)n1. The van der Waals surface area contributed by atoms with Crippen LogP contribution < -0.4 is 11.1 Å². The van der Waals surface area contributed by atoms with Crippen LogP contribution >= 0.6 is 0 Å². The fourth-order valence-corrected chi connectivity index (χ4v) is 1.40. The summed E-state index contributed by atoms with van der Waals surface area (Å²) in [6.07, 6.45) is 0. The van der Waals surface area contributed by atoms with E-state index in [4.69, 9.17) is 11.0 Å². The Hall–Kier alpha value is -2.16. The standard InChI is InChI=1S/C11H15N5O/c1-6(2)9(10(13)17)16-11-14-7(3)4-8(5-12)15-11/h4,6,9H,1-3H3,(H2,13,17)(H,14,15,16). The maximum atomic E-state index is 11.2. The van der Waals surface area contributed by atoms with Crippen molar-refractivity contribution in [3.8, 4) is 6.07 Å². The maximum absolute atomic E-state index is 11.2. The Morgan fingerprint density at radius 2 is 2.18 bits per heavy atom. The molecule has 1 heterocycles. The number of aryl methyl sites for hydroxylation is 1. The minimum Gasteiger partial charge on any atom is -0.368 e. The third-order valence-electron chi connectivity index (χ3n) is 2.23. The van der Waals surface area contributed by atoms with Gasteiger partial charge in [0.05, 0.1) is 0 Å². The van der Waals surface area contributed by atoms with Gasteiger partial charge in [-0.05, 0) is 18.9 Å². The van der Waals surface area contributed by atoms with E-state index in [-0.39, 0.29) is 17.6 Å². The normalized spacial score (nSPS) is 11.9. The molecule has 1 amide bonds. The summed E-state index contributed by atoms with van der Waals surface area (Å²) < 4.78 is 0. The predicted octanol–water partition coefficient (Wildman–Crippen LogP) is 0.578. The van der Waals surface area contributed by atoms with Crippen LogP contribution in [0.3, 0.4) is 0 Å². The number of aromatic nitrogens is 2. The van der Waals surface area contributed by atoms with Crippen LogP contribution in [0.4, 0.5) is 5.95 Å². The second-order valence-corrected chi connectivity index (χ2v) is 4.10. The molecule has 90 valence electrons. The van der Waals surface area contributed by atoms with Gasteiger partial charge in [-0.15, -0.1) is 0 Å². The molecule has 17 heavy (non-hydrogen) atoms. The van der Waals surface area contributed by atoms with Gasteiger partial charge in [0.2, 0.25) is 11.9 Å². The summed E-state index contributed by atoms with van der Waals surface area (Å²) in [5.74, 6) is -0.204. The summed E-state index contributed by atoms with van der Waals surface area (Å²) in [4.78, 5) is 19.3. The van der Waals surface area contributed by atoms with Crippen LogP contribution in [0.5, 0.6) is 0 Å². The molecule has 1 aromatic heterocycles. The number of amides is 1. The molecule has 0 saturated heterocycles. The zero-order valence-corrected chi connectivity index (χ0v) is 10.1. The molecule has 0 spiro atoms. The van der Waals surface area contributed by atoms with E-state index in [1.165, 1.54) is 0 Å². The van der Waals surface area contributed by atoms with Crippen LogP contribution in [0.25, 0.3) is 0 Å². The van der Waals surface area contributed by atoms with Gasteiger partial charge in [0, 0.05) is 5.69 Å². The molecule has 0 saturated carbocycles. The van der Waals surface area contributed by atoms with Gasteiger partial charge in [0.1, 0.15) is 17.8 Å². The first-order valence-corrected chi connectivity index (χ1v) is 5.25. The zero-order valence-electron chi connectivity index (χ0n) is 10.1. The number of primary amides is 1. The molecule has 1 rings (SSSR count). The summed E-state index contributed by atoms with van der Waals surface area (Å²) in [5.41, 5.74) is 6.19. The maximum Gasteiger partial charge on any atom is 0.240 e. The van der Waals surface area contributed by atoms with E-state index in [0.29, 0.717) is 5.69 Å². The quantitative estimate of drug-likeness (QED) is 0.791. The number of nitriles is 1. The van der Waals surface area contributed by atoms with Crippen LogP contribution in [0.1, 0.15) is 25.2 Å². The molecule has 3 N–H and O–H groups in total. The molecule has 0 aliphatic carbocycles. The number of anilines is 1. The van der Waals surface area contributed by atoms with E-state index in [2.05, 4.69) is 15.3 Å². The van der Waals surface area contributed by atoms with E-state index < -0.39 is 11.9 Å². The highest BCUT2D eigenvalue weighted by Crippen LogP contribution is 2.10. The van der Waals surface area contributed by atoms with Crippen molar-refractivity contribution < 1.29 is 4.79 Å². The number of carbonyl (C=O) groups excluding carboxylic acids is 1. The van der Waals surface area contributed by atoms with Crippen LogP contribution in [-0.4, -0.2) is 21.9 Å². The number of hydrogen-bond donors (Lipinski definition) is 2. The summed E-state index contributed by atoms with van der Waals surface area (Å²) in [5, 5.41) is 11.6. The lowest BCUT2D eigenvalue weighted by Gasteiger charge is -2.18. The van der Waals surface area contributed by atoms with Crippen LogP contribution in [0, 0.1) is 24.2 Å². The smallest absolute Gasteiger partial charge is 0.240 e. The first kappa shape index (κ1) is 12.9. The number of nitrogens with zero attached hydrogens (tertiary/aromatic N) is 3. The highest BCUT2D eigenvalue weighted by molar-refractivity contribution is 5.82. The molecule has 1 unspecified atom stereocenters. The second kappa shape index (κ2) is 5.25. The Morgan fingerprint density at radius 1 is 1.53 bits per heavy atom. The Morgan fingerprint density at radius 3 is 2.65 bits per heavy atom. The number of nitrogens with one attached hydrogen (secondary N) is 1. The third kappa shape index (κ3) is 3.41. The Balaban J connectivity index is 2.98. The molecule has 0 radical (unpaired) electrons. The second-order valence-electron chi connectivity index (χ2n) is 4.10. The highest BCUT2D eigenvalue weighted by Gasteiger charge is 2.20. The van der Waals surface area contributed by atoms with Crippen molar-refractivity contribution >= 4 is 11.9 Å². The molecular formula is C11H15N5O. The lowest BCUT2D eigenvalue weighted by molar-refractivity contribution is -0.119. The minimum absolute atomic E-state index is 0.0159.